The van der Waals surface area contributed by atoms with Gasteiger partial charge in [0.15, 0.2) is 6.29 Å². The highest BCUT2D eigenvalue weighted by molar-refractivity contribution is 6.01. The van der Waals surface area contributed by atoms with Gasteiger partial charge in [0.2, 0.25) is 11.9 Å². The molecule has 2 aliphatic rings. The maximum Gasteiger partial charge on any atom is 0.203 e. The van der Waals surface area contributed by atoms with Crippen LogP contribution in [0.2, 0.25) is 0 Å². The van der Waals surface area contributed by atoms with Crippen LogP contribution in [0.1, 0.15) is 13.8 Å². The van der Waals surface area contributed by atoms with Crippen LogP contribution in [0.25, 0.3) is 0 Å². The number of fused-ring (bicyclic) bond motifs is 1. The molecule has 3 N–H and O–H groups in total. The second-order valence-electron chi connectivity index (χ2n) is 3.43. The predicted molar refractivity (Wildman–Crippen MR) is 60.7 cm³/mol. The van der Waals surface area contributed by atoms with Gasteiger partial charge in [0.05, 0.1) is 6.54 Å². The lowest BCUT2D eigenvalue weighted by Crippen LogP contribution is -2.67. The van der Waals surface area contributed by atoms with Gasteiger partial charge in [-0.1, -0.05) is 6.92 Å². The molecule has 1 unspecified atom stereocenters. The Morgan fingerprint density at radius 1 is 1.53 bits per heavy atom. The Kier molecular flexibility index (Phi) is 3.05. The standard InChI is InChI=1S/C9H18N6/c1-3-10-7-13-8(11-4-2)15-6-5-12-9(15)14-7/h7,10H,3-6H2,1-2H3,(H,11,13)(H,12,14). The molecule has 2 rings (SSSR count). The Morgan fingerprint density at radius 3 is 3.13 bits per heavy atom. The first-order valence-electron chi connectivity index (χ1n) is 5.48. The predicted octanol–water partition coefficient (Wildman–Crippen LogP) is -0.880. The molecule has 15 heavy (non-hydrogen) atoms. The van der Waals surface area contributed by atoms with Gasteiger partial charge in [-0.05, 0) is 13.5 Å². The fraction of sp³-hybridized carbons (Fsp3) is 0.778. The van der Waals surface area contributed by atoms with Gasteiger partial charge >= 0.3 is 0 Å². The minimum absolute atomic E-state index is 0.0356. The van der Waals surface area contributed by atoms with Crippen LogP contribution in [-0.2, 0) is 0 Å². The number of hydrogen-bond donors (Lipinski definition) is 3. The van der Waals surface area contributed by atoms with Crippen LogP contribution < -0.4 is 16.0 Å². The van der Waals surface area contributed by atoms with Gasteiger partial charge < -0.3 is 10.6 Å². The maximum atomic E-state index is 4.43. The number of guanidine groups is 2. The van der Waals surface area contributed by atoms with Crippen LogP contribution in [-0.4, -0.2) is 49.3 Å². The minimum atomic E-state index is 0.0356. The van der Waals surface area contributed by atoms with Crippen LogP contribution in [0.5, 0.6) is 0 Å². The molecule has 0 spiro atoms. The number of nitrogens with one attached hydrogen (secondary N) is 3. The van der Waals surface area contributed by atoms with Gasteiger partial charge in [-0.2, -0.15) is 0 Å². The Morgan fingerprint density at radius 2 is 2.40 bits per heavy atom. The number of rotatable bonds is 3. The highest BCUT2D eigenvalue weighted by Gasteiger charge is 2.29. The second kappa shape index (κ2) is 4.48. The highest BCUT2D eigenvalue weighted by Crippen LogP contribution is 2.04. The highest BCUT2D eigenvalue weighted by atomic mass is 15.5. The van der Waals surface area contributed by atoms with Gasteiger partial charge in [0.1, 0.15) is 0 Å². The summed E-state index contributed by atoms with van der Waals surface area (Å²) in [5.74, 6) is 1.84. The van der Waals surface area contributed by atoms with E-state index < -0.39 is 0 Å². The van der Waals surface area contributed by atoms with E-state index in [2.05, 4.69) is 37.8 Å². The Labute approximate surface area is 89.8 Å². The molecular weight excluding hydrogens is 192 g/mol. The van der Waals surface area contributed by atoms with Crippen molar-refractivity contribution < 1.29 is 0 Å². The van der Waals surface area contributed by atoms with E-state index in [1.807, 2.05) is 6.92 Å². The van der Waals surface area contributed by atoms with Gasteiger partial charge in [0.25, 0.3) is 0 Å². The molecule has 2 heterocycles. The zero-order valence-corrected chi connectivity index (χ0v) is 9.25. The number of nitrogens with zero attached hydrogens (tertiary/aromatic N) is 3. The van der Waals surface area contributed by atoms with Crippen molar-refractivity contribution in [3.05, 3.63) is 0 Å². The van der Waals surface area contributed by atoms with Crippen LogP contribution >= 0.6 is 0 Å². The average Bonchev–Trinajstić information content (AvgIpc) is 2.67. The van der Waals surface area contributed by atoms with E-state index in [9.17, 15) is 0 Å². The molecule has 2 aliphatic heterocycles. The van der Waals surface area contributed by atoms with Crippen molar-refractivity contribution in [3.63, 3.8) is 0 Å². The lowest BCUT2D eigenvalue weighted by atomic mass is 10.5. The van der Waals surface area contributed by atoms with Gasteiger partial charge in [-0.25, -0.2) is 0 Å². The summed E-state index contributed by atoms with van der Waals surface area (Å²) in [4.78, 5) is 10.9. The van der Waals surface area contributed by atoms with Crippen LogP contribution in [0, 0.1) is 0 Å². The molecule has 0 aromatic carbocycles. The molecule has 0 aromatic heterocycles. The third-order valence-electron chi connectivity index (χ3n) is 2.36. The van der Waals surface area contributed by atoms with E-state index in [0.717, 1.165) is 38.1 Å². The van der Waals surface area contributed by atoms with Gasteiger partial charge in [0, 0.05) is 13.1 Å². The first kappa shape index (κ1) is 10.2. The first-order valence-corrected chi connectivity index (χ1v) is 5.48. The summed E-state index contributed by atoms with van der Waals surface area (Å²) in [5.41, 5.74) is 0. The maximum absolute atomic E-state index is 4.43. The summed E-state index contributed by atoms with van der Waals surface area (Å²) < 4.78 is 0. The summed E-state index contributed by atoms with van der Waals surface area (Å²) in [6.07, 6.45) is 0.0356. The van der Waals surface area contributed by atoms with Crippen LogP contribution in [0.15, 0.2) is 9.98 Å². The third kappa shape index (κ3) is 2.04. The lowest BCUT2D eigenvalue weighted by molar-refractivity contribution is 0.406. The average molecular weight is 210 g/mol. The molecule has 6 nitrogen and oxygen atoms in total. The topological polar surface area (TPSA) is 64.0 Å². The smallest absolute Gasteiger partial charge is 0.203 e. The minimum Gasteiger partial charge on any atom is -0.323 e. The van der Waals surface area contributed by atoms with E-state index in [0.29, 0.717) is 0 Å². The number of aliphatic imine (C=N–C) groups is 2. The van der Waals surface area contributed by atoms with Crippen molar-refractivity contribution in [2.24, 2.45) is 9.98 Å². The van der Waals surface area contributed by atoms with E-state index in [4.69, 9.17) is 0 Å². The summed E-state index contributed by atoms with van der Waals surface area (Å²) >= 11 is 0. The Hall–Kier alpha value is -1.30. The molecule has 1 fully saturated rings. The summed E-state index contributed by atoms with van der Waals surface area (Å²) in [6, 6.07) is 0. The molecule has 0 radical (unpaired) electrons. The lowest BCUT2D eigenvalue weighted by Gasteiger charge is -2.35. The van der Waals surface area contributed by atoms with E-state index in [1.165, 1.54) is 0 Å². The molecule has 0 aliphatic carbocycles. The summed E-state index contributed by atoms with van der Waals surface area (Å²) in [5, 5.41) is 9.85. The second-order valence-corrected chi connectivity index (χ2v) is 3.43. The molecule has 1 saturated heterocycles. The van der Waals surface area contributed by atoms with Crippen molar-refractivity contribution in [3.8, 4) is 0 Å². The SMILES string of the molecule is CCN=C1NC(NCC)NC2=NCCN12. The van der Waals surface area contributed by atoms with Gasteiger partial charge in [-0.15, -0.1) is 0 Å². The van der Waals surface area contributed by atoms with Crippen LogP contribution in [0.4, 0.5) is 0 Å². The van der Waals surface area contributed by atoms with Gasteiger partial charge in [-0.3, -0.25) is 20.2 Å². The zero-order valence-electron chi connectivity index (χ0n) is 9.25. The largest absolute Gasteiger partial charge is 0.323 e. The molecule has 0 aromatic rings. The molecule has 0 amide bonds. The summed E-state index contributed by atoms with van der Waals surface area (Å²) in [6.45, 7) is 7.54. The van der Waals surface area contributed by atoms with Crippen molar-refractivity contribution in [2.75, 3.05) is 26.2 Å². The molecular formula is C9H18N6. The quantitative estimate of drug-likeness (QED) is 0.566. The Bertz CT molecular complexity index is 284. The number of hydrogen-bond acceptors (Lipinski definition) is 4. The van der Waals surface area contributed by atoms with Crippen molar-refractivity contribution in [1.29, 1.82) is 0 Å². The fourth-order valence-electron chi connectivity index (χ4n) is 1.74. The van der Waals surface area contributed by atoms with E-state index in [-0.39, 0.29) is 6.29 Å². The van der Waals surface area contributed by atoms with Crippen LogP contribution in [0.3, 0.4) is 0 Å². The first-order chi connectivity index (χ1) is 7.35. The van der Waals surface area contributed by atoms with E-state index >= 15 is 0 Å². The molecule has 0 saturated carbocycles. The van der Waals surface area contributed by atoms with Crippen molar-refractivity contribution in [2.45, 2.75) is 20.1 Å². The van der Waals surface area contributed by atoms with Crippen molar-refractivity contribution in [1.82, 2.24) is 20.9 Å². The normalized spacial score (nSPS) is 27.1. The molecule has 6 heteroatoms. The fourth-order valence-corrected chi connectivity index (χ4v) is 1.74. The molecule has 84 valence electrons. The molecule has 1 atom stereocenters. The third-order valence-corrected chi connectivity index (χ3v) is 2.36. The Balaban J connectivity index is 2.10. The van der Waals surface area contributed by atoms with Crippen molar-refractivity contribution >= 4 is 11.9 Å². The summed E-state index contributed by atoms with van der Waals surface area (Å²) in [7, 11) is 0. The van der Waals surface area contributed by atoms with E-state index in [1.54, 1.807) is 0 Å². The monoisotopic (exact) mass is 210 g/mol. The zero-order chi connectivity index (χ0) is 10.7. The molecule has 0 bridgehead atoms.